The van der Waals surface area contributed by atoms with Gasteiger partial charge in [0.2, 0.25) is 0 Å². The Morgan fingerprint density at radius 2 is 1.62 bits per heavy atom. The number of carbonyl (C=O) groups is 2. The van der Waals surface area contributed by atoms with Crippen molar-refractivity contribution in [3.8, 4) is 17.2 Å². The molecule has 1 atom stereocenters. The Hall–Kier alpha value is -3.86. The number of carbonyl (C=O) groups excluding carboxylic acids is 2. The standard InChI is InChI=1S/C24H18O5/c25-18(12-11-15-7-3-1-4-8-15)23-20(27)14-19(26)22-17(13-21(28)29-24(22)23)16-9-5-2-6-10-16/h1-12,14,17,26-27H,13H2. The number of hydrogen-bond acceptors (Lipinski definition) is 5. The average molecular weight is 386 g/mol. The number of allylic oxidation sites excluding steroid dienone is 1. The number of aromatic hydroxyl groups is 2. The maximum absolute atomic E-state index is 12.9. The van der Waals surface area contributed by atoms with E-state index >= 15 is 0 Å². The molecule has 0 aliphatic carbocycles. The zero-order valence-corrected chi connectivity index (χ0v) is 15.4. The molecule has 0 saturated heterocycles. The van der Waals surface area contributed by atoms with Crippen molar-refractivity contribution >= 4 is 17.8 Å². The summed E-state index contributed by atoms with van der Waals surface area (Å²) in [5.41, 5.74) is 1.81. The van der Waals surface area contributed by atoms with Crippen LogP contribution in [0.1, 0.15) is 39.4 Å². The number of ether oxygens (including phenoxy) is 1. The topological polar surface area (TPSA) is 83.8 Å². The number of benzene rings is 3. The lowest BCUT2D eigenvalue weighted by atomic mass is 9.84. The number of fused-ring (bicyclic) bond motifs is 1. The fraction of sp³-hybridized carbons (Fsp3) is 0.0833. The summed E-state index contributed by atoms with van der Waals surface area (Å²) in [5, 5.41) is 20.8. The molecule has 1 unspecified atom stereocenters. The second-order valence-electron chi connectivity index (χ2n) is 6.78. The van der Waals surface area contributed by atoms with E-state index in [0.29, 0.717) is 5.56 Å². The Balaban J connectivity index is 1.81. The van der Waals surface area contributed by atoms with E-state index in [1.165, 1.54) is 6.08 Å². The average Bonchev–Trinajstić information content (AvgIpc) is 2.72. The third kappa shape index (κ3) is 3.62. The fourth-order valence-corrected chi connectivity index (χ4v) is 3.54. The van der Waals surface area contributed by atoms with Crippen LogP contribution in [0.2, 0.25) is 0 Å². The highest BCUT2D eigenvalue weighted by Gasteiger charge is 2.35. The number of hydrogen-bond donors (Lipinski definition) is 2. The van der Waals surface area contributed by atoms with Gasteiger partial charge < -0.3 is 14.9 Å². The van der Waals surface area contributed by atoms with Crippen LogP contribution in [0.3, 0.4) is 0 Å². The largest absolute Gasteiger partial charge is 0.507 e. The molecular formula is C24H18O5. The van der Waals surface area contributed by atoms with E-state index < -0.39 is 23.4 Å². The predicted octanol–water partition coefficient (Wildman–Crippen LogP) is 4.43. The van der Waals surface area contributed by atoms with Crippen LogP contribution in [0.4, 0.5) is 0 Å². The first-order valence-electron chi connectivity index (χ1n) is 9.16. The first kappa shape index (κ1) is 18.5. The number of ketones is 1. The molecule has 0 amide bonds. The predicted molar refractivity (Wildman–Crippen MR) is 108 cm³/mol. The van der Waals surface area contributed by atoms with Gasteiger partial charge in [-0.05, 0) is 17.2 Å². The van der Waals surface area contributed by atoms with E-state index in [1.807, 2.05) is 60.7 Å². The Morgan fingerprint density at radius 3 is 2.31 bits per heavy atom. The maximum atomic E-state index is 12.9. The van der Waals surface area contributed by atoms with Crippen molar-refractivity contribution in [2.24, 2.45) is 0 Å². The van der Waals surface area contributed by atoms with E-state index in [9.17, 15) is 19.8 Å². The van der Waals surface area contributed by atoms with Gasteiger partial charge >= 0.3 is 5.97 Å². The van der Waals surface area contributed by atoms with Crippen LogP contribution in [-0.4, -0.2) is 22.0 Å². The summed E-state index contributed by atoms with van der Waals surface area (Å²) in [6.07, 6.45) is 2.95. The third-order valence-electron chi connectivity index (χ3n) is 4.89. The molecule has 0 spiro atoms. The normalized spacial score (nSPS) is 15.7. The van der Waals surface area contributed by atoms with Gasteiger partial charge in [-0.25, -0.2) is 0 Å². The summed E-state index contributed by atoms with van der Waals surface area (Å²) in [6, 6.07) is 19.6. The first-order valence-corrected chi connectivity index (χ1v) is 9.16. The zero-order valence-electron chi connectivity index (χ0n) is 15.4. The minimum Gasteiger partial charge on any atom is -0.507 e. The van der Waals surface area contributed by atoms with E-state index in [4.69, 9.17) is 4.74 Å². The molecule has 29 heavy (non-hydrogen) atoms. The Bertz CT molecular complexity index is 1100. The van der Waals surface area contributed by atoms with Crippen LogP contribution in [0.15, 0.2) is 72.8 Å². The summed E-state index contributed by atoms with van der Waals surface area (Å²) in [4.78, 5) is 25.1. The summed E-state index contributed by atoms with van der Waals surface area (Å²) in [7, 11) is 0. The first-order chi connectivity index (χ1) is 14.0. The van der Waals surface area contributed by atoms with Gasteiger partial charge in [-0.1, -0.05) is 66.7 Å². The zero-order chi connectivity index (χ0) is 20.4. The number of esters is 1. The Labute approximate surface area is 167 Å². The van der Waals surface area contributed by atoms with Crippen molar-refractivity contribution in [2.45, 2.75) is 12.3 Å². The van der Waals surface area contributed by atoms with Crippen LogP contribution in [0, 0.1) is 0 Å². The molecular weight excluding hydrogens is 368 g/mol. The molecule has 1 aliphatic rings. The quantitative estimate of drug-likeness (QED) is 0.300. The third-order valence-corrected chi connectivity index (χ3v) is 4.89. The van der Waals surface area contributed by atoms with Gasteiger partial charge in [-0.15, -0.1) is 0 Å². The van der Waals surface area contributed by atoms with Crippen molar-refractivity contribution in [1.29, 1.82) is 0 Å². The summed E-state index contributed by atoms with van der Waals surface area (Å²) in [6.45, 7) is 0. The van der Waals surface area contributed by atoms with Gasteiger partial charge in [0.25, 0.3) is 0 Å². The van der Waals surface area contributed by atoms with Gasteiger partial charge in [-0.2, -0.15) is 0 Å². The maximum Gasteiger partial charge on any atom is 0.312 e. The second-order valence-corrected chi connectivity index (χ2v) is 6.78. The lowest BCUT2D eigenvalue weighted by Crippen LogP contribution is -2.23. The lowest BCUT2D eigenvalue weighted by Gasteiger charge is -2.27. The minimum atomic E-state index is -0.530. The summed E-state index contributed by atoms with van der Waals surface area (Å²) >= 11 is 0. The van der Waals surface area contributed by atoms with Crippen molar-refractivity contribution < 1.29 is 24.5 Å². The lowest BCUT2D eigenvalue weighted by molar-refractivity contribution is -0.135. The van der Waals surface area contributed by atoms with Crippen LogP contribution >= 0.6 is 0 Å². The summed E-state index contributed by atoms with van der Waals surface area (Å²) in [5.74, 6) is -2.28. The molecule has 3 aromatic carbocycles. The molecule has 5 heteroatoms. The van der Waals surface area contributed by atoms with Crippen molar-refractivity contribution in [3.63, 3.8) is 0 Å². The van der Waals surface area contributed by atoms with E-state index in [-0.39, 0.29) is 23.5 Å². The van der Waals surface area contributed by atoms with Crippen LogP contribution < -0.4 is 4.74 Å². The molecule has 0 bridgehead atoms. The molecule has 5 nitrogen and oxygen atoms in total. The van der Waals surface area contributed by atoms with Crippen molar-refractivity contribution in [1.82, 2.24) is 0 Å². The monoisotopic (exact) mass is 386 g/mol. The molecule has 2 N–H and O–H groups in total. The number of phenols is 2. The summed E-state index contributed by atoms with van der Waals surface area (Å²) < 4.78 is 5.34. The van der Waals surface area contributed by atoms with Crippen LogP contribution in [-0.2, 0) is 4.79 Å². The van der Waals surface area contributed by atoms with Crippen LogP contribution in [0.25, 0.3) is 6.08 Å². The van der Waals surface area contributed by atoms with Gasteiger partial charge in [-0.3, -0.25) is 9.59 Å². The highest BCUT2D eigenvalue weighted by Crippen LogP contribution is 2.48. The molecule has 0 fully saturated rings. The number of rotatable bonds is 4. The molecule has 0 saturated carbocycles. The molecule has 3 aromatic rings. The van der Waals surface area contributed by atoms with E-state index in [0.717, 1.165) is 17.2 Å². The van der Waals surface area contributed by atoms with Gasteiger partial charge in [0.15, 0.2) is 11.5 Å². The van der Waals surface area contributed by atoms with E-state index in [1.54, 1.807) is 6.08 Å². The fourth-order valence-electron chi connectivity index (χ4n) is 3.54. The molecule has 1 aliphatic heterocycles. The second kappa shape index (κ2) is 7.64. The van der Waals surface area contributed by atoms with E-state index in [2.05, 4.69) is 0 Å². The molecule has 0 aromatic heterocycles. The van der Waals surface area contributed by atoms with Crippen LogP contribution in [0.5, 0.6) is 17.2 Å². The smallest absolute Gasteiger partial charge is 0.312 e. The number of phenolic OH excluding ortho intramolecular Hbond substituents is 2. The minimum absolute atomic E-state index is 0.0306. The van der Waals surface area contributed by atoms with Crippen molar-refractivity contribution in [3.05, 3.63) is 95.1 Å². The molecule has 144 valence electrons. The molecule has 1 heterocycles. The van der Waals surface area contributed by atoms with Gasteiger partial charge in [0.1, 0.15) is 17.1 Å². The Morgan fingerprint density at radius 1 is 0.966 bits per heavy atom. The molecule has 0 radical (unpaired) electrons. The highest BCUT2D eigenvalue weighted by atomic mass is 16.5. The Kier molecular flexibility index (Phi) is 4.87. The van der Waals surface area contributed by atoms with Crippen molar-refractivity contribution in [2.75, 3.05) is 0 Å². The molecule has 4 rings (SSSR count). The van der Waals surface area contributed by atoms with Gasteiger partial charge in [0.05, 0.1) is 6.42 Å². The SMILES string of the molecule is O=C1CC(c2ccccc2)c2c(O)cc(O)c(C(=O)C=Cc3ccccc3)c2O1. The van der Waals surface area contributed by atoms with Gasteiger partial charge in [0, 0.05) is 17.5 Å². The highest BCUT2D eigenvalue weighted by molar-refractivity contribution is 6.11.